The molecule has 2 saturated carbocycles. The second-order valence-corrected chi connectivity index (χ2v) is 5.68. The first-order valence-corrected chi connectivity index (χ1v) is 6.83. The normalized spacial score (nSPS) is 32.4. The molecule has 88 valence electrons. The number of alkyl halides is 1. The maximum absolute atomic E-state index is 5.69. The average Bonchev–Trinajstić information content (AvgIpc) is 2.95. The zero-order valence-corrected chi connectivity index (χ0v) is 10.2. The topological polar surface area (TPSA) is 30.7 Å². The molecule has 16 heavy (non-hydrogen) atoms. The summed E-state index contributed by atoms with van der Waals surface area (Å²) in [6, 6.07) is 0. The van der Waals surface area contributed by atoms with Crippen LogP contribution in [0.25, 0.3) is 0 Å². The molecule has 0 radical (unpaired) electrons. The Labute approximate surface area is 101 Å². The third-order valence-electron chi connectivity index (χ3n) is 4.24. The first kappa shape index (κ1) is 10.6. The predicted octanol–water partition coefficient (Wildman–Crippen LogP) is 2.50. The molecule has 0 aliphatic heterocycles. The number of aryl methyl sites for hydroxylation is 1. The zero-order chi connectivity index (χ0) is 11.0. The van der Waals surface area contributed by atoms with Crippen LogP contribution in [0.2, 0.25) is 0 Å². The van der Waals surface area contributed by atoms with Crippen LogP contribution >= 0.6 is 11.6 Å². The van der Waals surface area contributed by atoms with Gasteiger partial charge in [0.05, 0.1) is 5.69 Å². The lowest BCUT2D eigenvalue weighted by Crippen LogP contribution is -2.17. The van der Waals surface area contributed by atoms with Gasteiger partial charge in [0.2, 0.25) is 0 Å². The van der Waals surface area contributed by atoms with Crippen molar-refractivity contribution in [3.63, 3.8) is 0 Å². The van der Waals surface area contributed by atoms with E-state index in [9.17, 15) is 0 Å². The van der Waals surface area contributed by atoms with Gasteiger partial charge < -0.3 is 0 Å². The zero-order valence-electron chi connectivity index (χ0n) is 9.48. The van der Waals surface area contributed by atoms with Crippen molar-refractivity contribution in [1.82, 2.24) is 15.0 Å². The van der Waals surface area contributed by atoms with Crippen molar-refractivity contribution in [3.8, 4) is 0 Å². The second kappa shape index (κ2) is 4.36. The SMILES string of the molecule is ClCCc1cn(CC2CC3CCC2C3)nn1. The molecule has 1 aromatic heterocycles. The van der Waals surface area contributed by atoms with Crippen molar-refractivity contribution in [2.75, 3.05) is 5.88 Å². The standard InChI is InChI=1S/C12H18ClN3/c13-4-3-12-8-16(15-14-12)7-11-6-9-1-2-10(11)5-9/h8-11H,1-7H2. The number of fused-ring (bicyclic) bond motifs is 2. The molecule has 2 bridgehead atoms. The highest BCUT2D eigenvalue weighted by atomic mass is 35.5. The minimum Gasteiger partial charge on any atom is -0.252 e. The molecule has 3 unspecified atom stereocenters. The number of halogens is 1. The molecule has 0 spiro atoms. The van der Waals surface area contributed by atoms with Crippen LogP contribution in [0.4, 0.5) is 0 Å². The van der Waals surface area contributed by atoms with E-state index in [1.165, 1.54) is 25.7 Å². The van der Waals surface area contributed by atoms with Crippen LogP contribution in [0.3, 0.4) is 0 Å². The van der Waals surface area contributed by atoms with E-state index in [0.29, 0.717) is 5.88 Å². The number of rotatable bonds is 4. The largest absolute Gasteiger partial charge is 0.252 e. The Bertz CT molecular complexity index is 363. The molecule has 2 aliphatic rings. The molecule has 1 aromatic rings. The Kier molecular flexibility index (Phi) is 2.88. The molecule has 0 saturated heterocycles. The van der Waals surface area contributed by atoms with E-state index in [0.717, 1.165) is 36.4 Å². The van der Waals surface area contributed by atoms with Crippen LogP contribution in [0.1, 0.15) is 31.4 Å². The minimum atomic E-state index is 0.632. The summed E-state index contributed by atoms with van der Waals surface area (Å²) in [6.07, 6.45) is 8.69. The fourth-order valence-electron chi connectivity index (χ4n) is 3.48. The summed E-state index contributed by atoms with van der Waals surface area (Å²) < 4.78 is 2.02. The van der Waals surface area contributed by atoms with Gasteiger partial charge in [0.25, 0.3) is 0 Å². The van der Waals surface area contributed by atoms with E-state index in [-0.39, 0.29) is 0 Å². The molecule has 3 nitrogen and oxygen atoms in total. The molecule has 2 fully saturated rings. The fraction of sp³-hybridized carbons (Fsp3) is 0.833. The molecule has 2 aliphatic carbocycles. The van der Waals surface area contributed by atoms with E-state index in [1.54, 1.807) is 0 Å². The molecule has 3 rings (SSSR count). The van der Waals surface area contributed by atoms with Gasteiger partial charge in [-0.3, -0.25) is 4.68 Å². The van der Waals surface area contributed by atoms with Gasteiger partial charge in [-0.15, -0.1) is 16.7 Å². The highest BCUT2D eigenvalue weighted by Gasteiger charge is 2.39. The monoisotopic (exact) mass is 239 g/mol. The van der Waals surface area contributed by atoms with Gasteiger partial charge in [-0.1, -0.05) is 11.6 Å². The summed E-state index contributed by atoms with van der Waals surface area (Å²) in [5.74, 6) is 3.46. The molecule has 1 heterocycles. The van der Waals surface area contributed by atoms with Crippen LogP contribution in [-0.2, 0) is 13.0 Å². The number of aromatic nitrogens is 3. The molecule has 0 amide bonds. The van der Waals surface area contributed by atoms with Crippen LogP contribution in [0.5, 0.6) is 0 Å². The van der Waals surface area contributed by atoms with Crippen LogP contribution in [-0.4, -0.2) is 20.9 Å². The number of hydrogen-bond acceptors (Lipinski definition) is 2. The average molecular weight is 240 g/mol. The quantitative estimate of drug-likeness (QED) is 0.756. The van der Waals surface area contributed by atoms with Gasteiger partial charge in [0.15, 0.2) is 0 Å². The third-order valence-corrected chi connectivity index (χ3v) is 4.43. The summed E-state index contributed by atoms with van der Waals surface area (Å²) >= 11 is 5.69. The maximum atomic E-state index is 5.69. The summed E-state index contributed by atoms with van der Waals surface area (Å²) in [7, 11) is 0. The predicted molar refractivity (Wildman–Crippen MR) is 63.4 cm³/mol. The van der Waals surface area contributed by atoms with Crippen LogP contribution in [0.15, 0.2) is 6.20 Å². The van der Waals surface area contributed by atoms with Crippen molar-refractivity contribution in [3.05, 3.63) is 11.9 Å². The fourth-order valence-corrected chi connectivity index (χ4v) is 3.67. The lowest BCUT2D eigenvalue weighted by molar-refractivity contribution is 0.283. The van der Waals surface area contributed by atoms with Crippen molar-refractivity contribution < 1.29 is 0 Å². The minimum absolute atomic E-state index is 0.632. The van der Waals surface area contributed by atoms with E-state index in [2.05, 4.69) is 16.5 Å². The summed E-state index contributed by atoms with van der Waals surface area (Å²) in [5, 5.41) is 8.33. The van der Waals surface area contributed by atoms with Crippen molar-refractivity contribution in [1.29, 1.82) is 0 Å². The molecule has 0 N–H and O–H groups in total. The van der Waals surface area contributed by atoms with E-state index >= 15 is 0 Å². The van der Waals surface area contributed by atoms with Crippen molar-refractivity contribution >= 4 is 11.6 Å². The van der Waals surface area contributed by atoms with Gasteiger partial charge in [-0.05, 0) is 37.0 Å². The van der Waals surface area contributed by atoms with Gasteiger partial charge in [0, 0.05) is 25.0 Å². The lowest BCUT2D eigenvalue weighted by atomic mass is 9.89. The molecule has 0 aromatic carbocycles. The highest BCUT2D eigenvalue weighted by molar-refractivity contribution is 6.17. The Balaban J connectivity index is 1.61. The van der Waals surface area contributed by atoms with Crippen molar-refractivity contribution in [2.45, 2.75) is 38.6 Å². The number of hydrogen-bond donors (Lipinski definition) is 0. The summed E-state index contributed by atoms with van der Waals surface area (Å²) in [4.78, 5) is 0. The summed E-state index contributed by atoms with van der Waals surface area (Å²) in [5.41, 5.74) is 1.03. The molecule has 3 atom stereocenters. The van der Waals surface area contributed by atoms with E-state index < -0.39 is 0 Å². The Morgan fingerprint density at radius 1 is 1.38 bits per heavy atom. The Morgan fingerprint density at radius 2 is 2.31 bits per heavy atom. The summed E-state index contributed by atoms with van der Waals surface area (Å²) in [6.45, 7) is 1.07. The first-order chi connectivity index (χ1) is 7.85. The maximum Gasteiger partial charge on any atom is 0.0839 e. The smallest absolute Gasteiger partial charge is 0.0839 e. The van der Waals surface area contributed by atoms with E-state index in [1.807, 2.05) is 4.68 Å². The van der Waals surface area contributed by atoms with Crippen molar-refractivity contribution in [2.24, 2.45) is 17.8 Å². The van der Waals surface area contributed by atoms with Gasteiger partial charge >= 0.3 is 0 Å². The number of nitrogens with zero attached hydrogens (tertiary/aromatic N) is 3. The van der Waals surface area contributed by atoms with E-state index in [4.69, 9.17) is 11.6 Å². The Morgan fingerprint density at radius 3 is 3.00 bits per heavy atom. The molecule has 4 heteroatoms. The van der Waals surface area contributed by atoms with Crippen LogP contribution < -0.4 is 0 Å². The van der Waals surface area contributed by atoms with Crippen LogP contribution in [0, 0.1) is 17.8 Å². The first-order valence-electron chi connectivity index (χ1n) is 6.30. The van der Waals surface area contributed by atoms with Gasteiger partial charge in [0.1, 0.15) is 0 Å². The molecular formula is C12H18ClN3. The molecular weight excluding hydrogens is 222 g/mol. The Hall–Kier alpha value is -0.570. The lowest BCUT2D eigenvalue weighted by Gasteiger charge is -2.20. The highest BCUT2D eigenvalue weighted by Crippen LogP contribution is 2.48. The van der Waals surface area contributed by atoms with Gasteiger partial charge in [-0.2, -0.15) is 0 Å². The van der Waals surface area contributed by atoms with Gasteiger partial charge in [-0.25, -0.2) is 0 Å². The third kappa shape index (κ3) is 1.97. The second-order valence-electron chi connectivity index (χ2n) is 5.31.